The van der Waals surface area contributed by atoms with Crippen LogP contribution < -0.4 is 14.2 Å². The zero-order valence-corrected chi connectivity index (χ0v) is 34.9. The summed E-state index contributed by atoms with van der Waals surface area (Å²) in [4.78, 5) is 4.44. The fraction of sp³-hybridized carbons (Fsp3) is 0.625. The van der Waals surface area contributed by atoms with E-state index in [0.29, 0.717) is 37.7 Å². The number of ether oxygens (including phenoxy) is 3. The Hall–Kier alpha value is -3.14. The van der Waals surface area contributed by atoms with Crippen LogP contribution in [0, 0.1) is 0 Å². The minimum Gasteiger partial charge on any atom is -0.491 e. The molecule has 0 heterocycles. The van der Waals surface area contributed by atoms with Gasteiger partial charge < -0.3 is 29.5 Å². The second kappa shape index (κ2) is 30.9. The van der Waals surface area contributed by atoms with Crippen molar-refractivity contribution in [2.24, 2.45) is 0 Å². The van der Waals surface area contributed by atoms with Gasteiger partial charge in [-0.1, -0.05) is 158 Å². The molecule has 0 saturated heterocycles. The van der Waals surface area contributed by atoms with Crippen LogP contribution in [0.2, 0.25) is 0 Å². The number of nitrogens with zero attached hydrogens (tertiary/aromatic N) is 2. The van der Waals surface area contributed by atoms with Crippen molar-refractivity contribution in [3.05, 3.63) is 91.0 Å². The van der Waals surface area contributed by atoms with E-state index in [-0.39, 0.29) is 25.9 Å². The van der Waals surface area contributed by atoms with Crippen molar-refractivity contribution in [1.82, 2.24) is 9.80 Å². The van der Waals surface area contributed by atoms with Crippen molar-refractivity contribution >= 4 is 0 Å². The Balaban J connectivity index is 1.49. The van der Waals surface area contributed by atoms with E-state index in [1.54, 1.807) is 0 Å². The van der Waals surface area contributed by atoms with Crippen molar-refractivity contribution in [3.63, 3.8) is 0 Å². The lowest BCUT2D eigenvalue weighted by molar-refractivity contribution is 0.0108. The van der Waals surface area contributed by atoms with Crippen LogP contribution >= 0.6 is 0 Å². The molecule has 3 aromatic carbocycles. The molecule has 0 amide bonds. The largest absolute Gasteiger partial charge is 0.491 e. The van der Waals surface area contributed by atoms with Crippen molar-refractivity contribution < 1.29 is 29.5 Å². The maximum atomic E-state index is 11.2. The molecule has 56 heavy (non-hydrogen) atoms. The van der Waals surface area contributed by atoms with Gasteiger partial charge in [0.15, 0.2) is 0 Å². The third-order valence-electron chi connectivity index (χ3n) is 10.4. The van der Waals surface area contributed by atoms with Crippen LogP contribution in [0.4, 0.5) is 0 Å². The summed E-state index contributed by atoms with van der Waals surface area (Å²) >= 11 is 0. The van der Waals surface area contributed by atoms with Crippen molar-refractivity contribution in [2.75, 3.05) is 52.5 Å². The number of benzene rings is 3. The number of para-hydroxylation sites is 3. The smallest absolute Gasteiger partial charge is 0.119 e. The van der Waals surface area contributed by atoms with Gasteiger partial charge in [-0.2, -0.15) is 0 Å². The first kappa shape index (κ1) is 47.2. The summed E-state index contributed by atoms with van der Waals surface area (Å²) < 4.78 is 17.6. The Kier molecular flexibility index (Phi) is 26.1. The Labute approximate surface area is 340 Å². The molecule has 0 aliphatic carbocycles. The molecule has 8 nitrogen and oxygen atoms in total. The standard InChI is InChI=1S/C48H76N2O6/c1-3-4-5-6-7-8-9-10-11-12-13-14-15-16-17-27-34-50(38-45(53)41-56-48-32-25-20-26-33-48)42(2)35-49(36-43(51)39-54-46-28-21-18-22-29-46)37-44(52)40-55-47-30-23-19-24-31-47/h18-26,28-33,42-45,51-53H,3-17,27,34-41H2,1-2H3. The molecular formula is C48H76N2O6. The van der Waals surface area contributed by atoms with E-state index < -0.39 is 18.3 Å². The molecule has 0 aliphatic rings. The number of hydrogen-bond donors (Lipinski definition) is 3. The van der Waals surface area contributed by atoms with E-state index in [4.69, 9.17) is 14.2 Å². The highest BCUT2D eigenvalue weighted by molar-refractivity contribution is 5.22. The third-order valence-corrected chi connectivity index (χ3v) is 10.4. The number of aliphatic hydroxyl groups excluding tert-OH is 3. The molecule has 0 bridgehead atoms. The fourth-order valence-corrected chi connectivity index (χ4v) is 7.22. The Morgan fingerprint density at radius 2 is 0.750 bits per heavy atom. The van der Waals surface area contributed by atoms with Gasteiger partial charge in [-0.15, -0.1) is 0 Å². The zero-order chi connectivity index (χ0) is 39.9. The monoisotopic (exact) mass is 777 g/mol. The predicted octanol–water partition coefficient (Wildman–Crippen LogP) is 9.56. The summed E-state index contributed by atoms with van der Waals surface area (Å²) in [7, 11) is 0. The first-order chi connectivity index (χ1) is 27.4. The van der Waals surface area contributed by atoms with Gasteiger partial charge in [-0.3, -0.25) is 9.80 Å². The molecule has 0 fully saturated rings. The zero-order valence-electron chi connectivity index (χ0n) is 34.9. The minimum atomic E-state index is -0.761. The molecule has 4 unspecified atom stereocenters. The van der Waals surface area contributed by atoms with Gasteiger partial charge in [0.1, 0.15) is 55.4 Å². The summed E-state index contributed by atoms with van der Waals surface area (Å²) in [6, 6.07) is 28.7. The summed E-state index contributed by atoms with van der Waals surface area (Å²) in [5.41, 5.74) is 0. The highest BCUT2D eigenvalue weighted by Crippen LogP contribution is 2.17. The molecule has 0 saturated carbocycles. The molecule has 0 aromatic heterocycles. The van der Waals surface area contributed by atoms with Gasteiger partial charge in [0.25, 0.3) is 0 Å². The maximum Gasteiger partial charge on any atom is 0.119 e. The summed E-state index contributed by atoms with van der Waals surface area (Å²) in [5, 5.41) is 33.3. The Bertz CT molecular complexity index is 1250. The van der Waals surface area contributed by atoms with Crippen LogP contribution in [0.15, 0.2) is 91.0 Å². The van der Waals surface area contributed by atoms with Gasteiger partial charge in [-0.05, 0) is 56.3 Å². The van der Waals surface area contributed by atoms with Gasteiger partial charge in [0, 0.05) is 32.2 Å². The highest BCUT2D eigenvalue weighted by Gasteiger charge is 2.24. The minimum absolute atomic E-state index is 0.0437. The SMILES string of the molecule is CCCCCCCCCCCCCCCCCCN(CC(O)COc1ccccc1)C(C)CN(CC(O)COc1ccccc1)CC(O)COc1ccccc1. The number of rotatable bonds is 35. The quantitative estimate of drug-likeness (QED) is 0.0509. The molecular weight excluding hydrogens is 701 g/mol. The fourth-order valence-electron chi connectivity index (χ4n) is 7.22. The van der Waals surface area contributed by atoms with E-state index in [1.807, 2.05) is 91.0 Å². The molecule has 4 atom stereocenters. The lowest BCUT2D eigenvalue weighted by Crippen LogP contribution is -2.50. The summed E-state index contributed by atoms with van der Waals surface area (Å²) in [5.74, 6) is 2.16. The Morgan fingerprint density at radius 3 is 1.11 bits per heavy atom. The van der Waals surface area contributed by atoms with Gasteiger partial charge in [0.2, 0.25) is 0 Å². The maximum absolute atomic E-state index is 11.2. The van der Waals surface area contributed by atoms with Crippen LogP contribution in [0.5, 0.6) is 17.2 Å². The topological polar surface area (TPSA) is 94.9 Å². The average molecular weight is 777 g/mol. The van der Waals surface area contributed by atoms with Crippen molar-refractivity contribution in [2.45, 2.75) is 141 Å². The van der Waals surface area contributed by atoms with Gasteiger partial charge in [0.05, 0.1) is 0 Å². The van der Waals surface area contributed by atoms with Crippen molar-refractivity contribution in [3.8, 4) is 17.2 Å². The molecule has 8 heteroatoms. The lowest BCUT2D eigenvalue weighted by Gasteiger charge is -2.36. The normalized spacial score (nSPS) is 13.8. The van der Waals surface area contributed by atoms with E-state index in [2.05, 4.69) is 23.6 Å². The van der Waals surface area contributed by atoms with Crippen LogP contribution in [0.3, 0.4) is 0 Å². The van der Waals surface area contributed by atoms with Crippen LogP contribution in [0.1, 0.15) is 117 Å². The van der Waals surface area contributed by atoms with Crippen LogP contribution in [-0.2, 0) is 0 Å². The van der Waals surface area contributed by atoms with Gasteiger partial charge >= 0.3 is 0 Å². The number of aliphatic hydroxyl groups is 3. The van der Waals surface area contributed by atoms with Gasteiger partial charge in [-0.25, -0.2) is 0 Å². The van der Waals surface area contributed by atoms with Crippen molar-refractivity contribution in [1.29, 1.82) is 0 Å². The summed E-state index contributed by atoms with van der Waals surface area (Å²) in [6.07, 6.45) is 19.1. The molecule has 0 radical (unpaired) electrons. The van der Waals surface area contributed by atoms with E-state index in [0.717, 1.165) is 25.1 Å². The van der Waals surface area contributed by atoms with Crippen LogP contribution in [-0.4, -0.2) is 102 Å². The predicted molar refractivity (Wildman–Crippen MR) is 231 cm³/mol. The van der Waals surface area contributed by atoms with E-state index in [1.165, 1.54) is 89.9 Å². The number of hydrogen-bond acceptors (Lipinski definition) is 8. The first-order valence-electron chi connectivity index (χ1n) is 22.0. The molecule has 0 spiro atoms. The molecule has 0 aliphatic heterocycles. The lowest BCUT2D eigenvalue weighted by atomic mass is 10.0. The van der Waals surface area contributed by atoms with E-state index in [9.17, 15) is 15.3 Å². The Morgan fingerprint density at radius 1 is 0.429 bits per heavy atom. The first-order valence-corrected chi connectivity index (χ1v) is 22.0. The average Bonchev–Trinajstić information content (AvgIpc) is 3.22. The summed E-state index contributed by atoms with van der Waals surface area (Å²) in [6.45, 7) is 7.52. The molecule has 3 rings (SSSR count). The van der Waals surface area contributed by atoms with E-state index >= 15 is 0 Å². The second-order valence-electron chi connectivity index (χ2n) is 15.7. The molecule has 314 valence electrons. The molecule has 3 aromatic rings. The third kappa shape index (κ3) is 23.2. The highest BCUT2D eigenvalue weighted by atomic mass is 16.5. The van der Waals surface area contributed by atoms with Crippen LogP contribution in [0.25, 0.3) is 0 Å². The second-order valence-corrected chi connectivity index (χ2v) is 15.7. The number of unbranched alkanes of at least 4 members (excludes halogenated alkanes) is 15. The molecule has 3 N–H and O–H groups in total.